The first-order valence-corrected chi connectivity index (χ1v) is 5.84. The predicted octanol–water partition coefficient (Wildman–Crippen LogP) is 2.45. The Morgan fingerprint density at radius 3 is 1.83 bits per heavy atom. The number of carbonyl (C=O) groups excluding carboxylic acids is 1. The second-order valence-corrected chi connectivity index (χ2v) is 4.34. The van der Waals surface area contributed by atoms with Crippen LogP contribution in [0.15, 0.2) is 12.7 Å². The lowest BCUT2D eigenvalue weighted by atomic mass is 10.2. The molecule has 2 N–H and O–H groups in total. The van der Waals surface area contributed by atoms with Crippen LogP contribution in [0.4, 0.5) is 4.79 Å². The van der Waals surface area contributed by atoms with Crippen LogP contribution in [-0.4, -0.2) is 25.9 Å². The lowest BCUT2D eigenvalue weighted by Crippen LogP contribution is -2.12. The molecule has 0 aliphatic heterocycles. The van der Waals surface area contributed by atoms with Crippen LogP contribution in [-0.2, 0) is 19.6 Å². The van der Waals surface area contributed by atoms with E-state index in [9.17, 15) is 4.79 Å². The number of hydrogen-bond donors (Lipinski definition) is 1. The molecule has 18 heavy (non-hydrogen) atoms. The minimum absolute atomic E-state index is 0.190. The average molecular weight is 263 g/mol. The van der Waals surface area contributed by atoms with Gasteiger partial charge in [-0.05, 0) is 11.8 Å². The zero-order valence-corrected chi connectivity index (χ0v) is 11.7. The van der Waals surface area contributed by atoms with E-state index in [-0.39, 0.29) is 6.61 Å². The summed E-state index contributed by atoms with van der Waals surface area (Å²) in [5, 5.41) is 4.46. The molecule has 108 valence electrons. The summed E-state index contributed by atoms with van der Waals surface area (Å²) in [5.74, 6) is 0.940. The van der Waals surface area contributed by atoms with Crippen molar-refractivity contribution in [2.75, 3.05) is 19.8 Å². The van der Waals surface area contributed by atoms with E-state index in [0.717, 1.165) is 0 Å². The fourth-order valence-corrected chi connectivity index (χ4v) is 0.503. The molecule has 1 amide bonds. The van der Waals surface area contributed by atoms with Gasteiger partial charge in [0.15, 0.2) is 0 Å². The normalized spacial score (nSPS) is 9.89. The first-order valence-electron chi connectivity index (χ1n) is 5.84. The molecule has 0 aliphatic rings. The number of nitrogens with two attached hydrogens (primary N) is 1. The SMILES string of the molecule is C=CCOC(N)=O.CC(C)COOOCC(C)C. The average Bonchev–Trinajstić information content (AvgIpc) is 2.26. The molecule has 0 fully saturated rings. The van der Waals surface area contributed by atoms with Crippen LogP contribution in [0.1, 0.15) is 27.7 Å². The molecule has 0 bridgehead atoms. The van der Waals surface area contributed by atoms with Crippen LogP contribution < -0.4 is 5.73 Å². The first-order chi connectivity index (χ1) is 8.40. The van der Waals surface area contributed by atoms with Crippen molar-refractivity contribution in [2.45, 2.75) is 27.7 Å². The predicted molar refractivity (Wildman–Crippen MR) is 68.4 cm³/mol. The Bertz CT molecular complexity index is 197. The van der Waals surface area contributed by atoms with Crippen LogP contribution in [0.25, 0.3) is 0 Å². The minimum atomic E-state index is -0.764. The molecule has 6 nitrogen and oxygen atoms in total. The van der Waals surface area contributed by atoms with Gasteiger partial charge in [0.1, 0.15) is 6.61 Å². The molecule has 0 aromatic heterocycles. The molecule has 0 spiro atoms. The lowest BCUT2D eigenvalue weighted by Gasteiger charge is -2.06. The standard InChI is InChI=1S/C8H18O3.C4H7NO2/c1-7(2)5-9-11-10-6-8(3)4;1-2-3-7-4(5)6/h7-8H,5-6H2,1-4H3;2H,1,3H2,(H2,5,6). The zero-order chi connectivity index (χ0) is 14.4. The highest BCUT2D eigenvalue weighted by atomic mass is 17.5. The van der Waals surface area contributed by atoms with Gasteiger partial charge < -0.3 is 10.5 Å². The summed E-state index contributed by atoms with van der Waals surface area (Å²) in [7, 11) is 0. The Balaban J connectivity index is 0. The molecular weight excluding hydrogens is 238 g/mol. The van der Waals surface area contributed by atoms with Crippen molar-refractivity contribution in [1.29, 1.82) is 0 Å². The van der Waals surface area contributed by atoms with Gasteiger partial charge in [0, 0.05) is 0 Å². The van der Waals surface area contributed by atoms with Crippen molar-refractivity contribution in [3.8, 4) is 0 Å². The van der Waals surface area contributed by atoms with Crippen molar-refractivity contribution in [3.63, 3.8) is 0 Å². The molecule has 0 aromatic rings. The molecule has 0 heterocycles. The summed E-state index contributed by atoms with van der Waals surface area (Å²) < 4.78 is 4.21. The van der Waals surface area contributed by atoms with Crippen LogP contribution in [0.5, 0.6) is 0 Å². The van der Waals surface area contributed by atoms with Crippen molar-refractivity contribution < 1.29 is 24.3 Å². The third kappa shape index (κ3) is 24.2. The summed E-state index contributed by atoms with van der Waals surface area (Å²) in [6.07, 6.45) is 0.685. The van der Waals surface area contributed by atoms with E-state index in [4.69, 9.17) is 9.78 Å². The number of rotatable bonds is 8. The number of primary amides is 1. The van der Waals surface area contributed by atoms with Crippen molar-refractivity contribution >= 4 is 6.09 Å². The Morgan fingerprint density at radius 2 is 1.61 bits per heavy atom. The van der Waals surface area contributed by atoms with Crippen molar-refractivity contribution in [3.05, 3.63) is 12.7 Å². The van der Waals surface area contributed by atoms with Crippen LogP contribution in [0.3, 0.4) is 0 Å². The summed E-state index contributed by atoms with van der Waals surface area (Å²) >= 11 is 0. The zero-order valence-electron chi connectivity index (χ0n) is 11.7. The summed E-state index contributed by atoms with van der Waals surface area (Å²) in [6.45, 7) is 12.8. The molecule has 0 saturated heterocycles. The van der Waals surface area contributed by atoms with Gasteiger partial charge in [0.05, 0.1) is 13.2 Å². The van der Waals surface area contributed by atoms with Gasteiger partial charge in [-0.2, -0.15) is 0 Å². The second-order valence-electron chi connectivity index (χ2n) is 4.34. The fraction of sp³-hybridized carbons (Fsp3) is 0.750. The summed E-state index contributed by atoms with van der Waals surface area (Å²) in [6, 6.07) is 0. The van der Waals surface area contributed by atoms with Gasteiger partial charge in [-0.3, -0.25) is 0 Å². The topological polar surface area (TPSA) is 80.0 Å². The highest BCUT2D eigenvalue weighted by Gasteiger charge is 1.96. The summed E-state index contributed by atoms with van der Waals surface area (Å²) in [4.78, 5) is 19.2. The van der Waals surface area contributed by atoms with Gasteiger partial charge in [0.25, 0.3) is 0 Å². The van der Waals surface area contributed by atoms with Gasteiger partial charge in [-0.15, -0.1) is 0 Å². The Kier molecular flexibility index (Phi) is 14.9. The number of hydrogen-bond acceptors (Lipinski definition) is 5. The van der Waals surface area contributed by atoms with Gasteiger partial charge >= 0.3 is 6.09 Å². The molecule has 0 aliphatic carbocycles. The Hall–Kier alpha value is -1.11. The molecule has 0 saturated carbocycles. The fourth-order valence-electron chi connectivity index (χ4n) is 0.503. The van der Waals surface area contributed by atoms with Crippen molar-refractivity contribution in [2.24, 2.45) is 17.6 Å². The molecule has 0 radical (unpaired) electrons. The Labute approximate surface area is 109 Å². The number of ether oxygens (including phenoxy) is 1. The maximum absolute atomic E-state index is 9.71. The third-order valence-electron chi connectivity index (χ3n) is 1.24. The largest absolute Gasteiger partial charge is 0.445 e. The molecular formula is C12H25NO5. The highest BCUT2D eigenvalue weighted by Crippen LogP contribution is 1.96. The molecule has 0 rings (SSSR count). The van der Waals surface area contributed by atoms with Gasteiger partial charge in [-0.1, -0.05) is 45.4 Å². The van der Waals surface area contributed by atoms with Crippen LogP contribution in [0.2, 0.25) is 0 Å². The van der Waals surface area contributed by atoms with E-state index < -0.39 is 6.09 Å². The maximum atomic E-state index is 9.71. The molecule has 6 heteroatoms. The Morgan fingerprint density at radius 1 is 1.17 bits per heavy atom. The van der Waals surface area contributed by atoms with Crippen molar-refractivity contribution in [1.82, 2.24) is 0 Å². The number of amides is 1. The molecule has 0 unspecified atom stereocenters. The van der Waals surface area contributed by atoms with E-state index in [1.165, 1.54) is 6.08 Å². The third-order valence-corrected chi connectivity index (χ3v) is 1.24. The van der Waals surface area contributed by atoms with E-state index in [2.05, 4.69) is 22.1 Å². The highest BCUT2D eigenvalue weighted by molar-refractivity contribution is 5.64. The monoisotopic (exact) mass is 263 g/mol. The van der Waals surface area contributed by atoms with E-state index >= 15 is 0 Å². The quantitative estimate of drug-likeness (QED) is 0.315. The lowest BCUT2D eigenvalue weighted by molar-refractivity contribution is -0.516. The van der Waals surface area contributed by atoms with E-state index in [1.807, 2.05) is 27.7 Å². The second kappa shape index (κ2) is 14.0. The maximum Gasteiger partial charge on any atom is 0.404 e. The summed E-state index contributed by atoms with van der Waals surface area (Å²) in [5.41, 5.74) is 4.57. The van der Waals surface area contributed by atoms with Crippen LogP contribution in [0, 0.1) is 11.8 Å². The molecule has 0 atom stereocenters. The van der Waals surface area contributed by atoms with Crippen LogP contribution >= 0.6 is 0 Å². The smallest absolute Gasteiger partial charge is 0.404 e. The molecule has 0 aromatic carbocycles. The van der Waals surface area contributed by atoms with Gasteiger partial charge in [0.2, 0.25) is 0 Å². The number of carbonyl (C=O) groups is 1. The van der Waals surface area contributed by atoms with E-state index in [0.29, 0.717) is 25.0 Å². The van der Waals surface area contributed by atoms with Gasteiger partial charge in [-0.25, -0.2) is 14.6 Å². The first kappa shape index (κ1) is 19.2. The minimum Gasteiger partial charge on any atom is -0.445 e. The van der Waals surface area contributed by atoms with E-state index in [1.54, 1.807) is 0 Å².